The summed E-state index contributed by atoms with van der Waals surface area (Å²) >= 11 is 0. The fourth-order valence-electron chi connectivity index (χ4n) is 2.78. The highest BCUT2D eigenvalue weighted by Crippen LogP contribution is 2.37. The summed E-state index contributed by atoms with van der Waals surface area (Å²) in [5.74, 6) is -0.586. The highest BCUT2D eigenvalue weighted by Gasteiger charge is 2.39. The van der Waals surface area contributed by atoms with Gasteiger partial charge < -0.3 is 9.47 Å². The maximum atomic E-state index is 13.4. The Bertz CT molecular complexity index is 1170. The molecule has 31 heavy (non-hydrogen) atoms. The van der Waals surface area contributed by atoms with E-state index in [0.29, 0.717) is 6.07 Å². The van der Waals surface area contributed by atoms with Crippen molar-refractivity contribution in [2.75, 3.05) is 18.9 Å². The van der Waals surface area contributed by atoms with Gasteiger partial charge >= 0.3 is 12.2 Å². The van der Waals surface area contributed by atoms with E-state index in [1.165, 1.54) is 20.4 Å². The van der Waals surface area contributed by atoms with Gasteiger partial charge in [0.05, 0.1) is 26.0 Å². The third-order valence-corrected chi connectivity index (χ3v) is 5.44. The molecule has 0 aliphatic heterocycles. The maximum Gasteiger partial charge on any atom is 0.417 e. The molecule has 0 fully saturated rings. The molecule has 2 heterocycles. The number of nitrogens with zero attached hydrogens (tertiary/aromatic N) is 4. The van der Waals surface area contributed by atoms with Crippen molar-refractivity contribution >= 4 is 21.6 Å². The molecule has 1 aromatic carbocycles. The van der Waals surface area contributed by atoms with Gasteiger partial charge in [-0.3, -0.25) is 0 Å². The first-order chi connectivity index (χ1) is 14.5. The average Bonchev–Trinajstić information content (AvgIpc) is 3.08. The first-order valence-electron chi connectivity index (χ1n) is 8.31. The lowest BCUT2D eigenvalue weighted by molar-refractivity contribution is -0.140. The molecule has 15 heteroatoms. The first-order valence-corrected chi connectivity index (χ1v) is 9.80. The highest BCUT2D eigenvalue weighted by molar-refractivity contribution is 7.92. The normalized spacial score (nSPS) is 12.4. The minimum absolute atomic E-state index is 0.0519. The predicted octanol–water partition coefficient (Wildman–Crippen LogP) is 2.77. The number of methoxy groups -OCH3 is 2. The summed E-state index contributed by atoms with van der Waals surface area (Å²) < 4.78 is 105. The zero-order valence-electron chi connectivity index (χ0n) is 15.8. The van der Waals surface area contributed by atoms with Crippen LogP contribution in [-0.4, -0.2) is 48.6 Å². The summed E-state index contributed by atoms with van der Waals surface area (Å²) in [4.78, 5) is 6.40. The highest BCUT2D eigenvalue weighted by atomic mass is 32.2. The largest absolute Gasteiger partial charge is 0.491 e. The number of sulfonamides is 1. The van der Waals surface area contributed by atoms with E-state index in [1.807, 2.05) is 0 Å². The van der Waals surface area contributed by atoms with E-state index in [1.54, 1.807) is 4.72 Å². The zero-order valence-corrected chi connectivity index (χ0v) is 16.6. The molecule has 3 aromatic rings. The SMILES string of the molecule is COc1cnc(OC)n2nc(NS(=O)(=O)c3c(CC(F)F)cccc3C(F)(F)F)nc12. The lowest BCUT2D eigenvalue weighted by Gasteiger charge is -2.17. The number of rotatable bonds is 7. The minimum Gasteiger partial charge on any atom is -0.491 e. The molecule has 0 unspecified atom stereocenters. The van der Waals surface area contributed by atoms with Crippen LogP contribution >= 0.6 is 0 Å². The van der Waals surface area contributed by atoms with Gasteiger partial charge in [-0.2, -0.15) is 27.7 Å². The summed E-state index contributed by atoms with van der Waals surface area (Å²) in [6.07, 6.45) is -8.19. The van der Waals surface area contributed by atoms with E-state index in [0.717, 1.165) is 16.6 Å². The van der Waals surface area contributed by atoms with Crippen LogP contribution in [0, 0.1) is 0 Å². The number of fused-ring (bicyclic) bond motifs is 1. The van der Waals surface area contributed by atoms with E-state index >= 15 is 0 Å². The van der Waals surface area contributed by atoms with Gasteiger partial charge in [-0.1, -0.05) is 12.1 Å². The molecule has 2 aromatic heterocycles. The molecule has 0 amide bonds. The van der Waals surface area contributed by atoms with Crippen LogP contribution in [0.5, 0.6) is 11.8 Å². The molecule has 0 radical (unpaired) electrons. The van der Waals surface area contributed by atoms with Crippen molar-refractivity contribution in [3.8, 4) is 11.8 Å². The Balaban J connectivity index is 2.15. The Hall–Kier alpha value is -3.23. The molecule has 0 atom stereocenters. The zero-order chi connectivity index (χ0) is 23.0. The van der Waals surface area contributed by atoms with E-state index in [-0.39, 0.29) is 17.4 Å². The van der Waals surface area contributed by atoms with Crippen LogP contribution in [0.4, 0.5) is 27.9 Å². The van der Waals surface area contributed by atoms with Crippen molar-refractivity contribution in [1.82, 2.24) is 19.6 Å². The molecular weight excluding hydrogens is 453 g/mol. The molecule has 0 spiro atoms. The smallest absolute Gasteiger partial charge is 0.417 e. The molecule has 3 rings (SSSR count). The Morgan fingerprint density at radius 3 is 2.48 bits per heavy atom. The van der Waals surface area contributed by atoms with Gasteiger partial charge in [-0.15, -0.1) is 5.10 Å². The van der Waals surface area contributed by atoms with Gasteiger partial charge in [0.15, 0.2) is 5.75 Å². The Morgan fingerprint density at radius 1 is 1.19 bits per heavy atom. The molecule has 0 bridgehead atoms. The van der Waals surface area contributed by atoms with Gasteiger partial charge in [-0.05, 0) is 11.6 Å². The van der Waals surface area contributed by atoms with Crippen LogP contribution in [0.2, 0.25) is 0 Å². The van der Waals surface area contributed by atoms with Crippen molar-refractivity contribution < 1.29 is 39.8 Å². The Morgan fingerprint density at radius 2 is 1.90 bits per heavy atom. The molecular formula is C16H14F5N5O4S. The minimum atomic E-state index is -5.12. The topological polar surface area (TPSA) is 108 Å². The predicted molar refractivity (Wildman–Crippen MR) is 95.8 cm³/mol. The van der Waals surface area contributed by atoms with Gasteiger partial charge in [0, 0.05) is 6.42 Å². The van der Waals surface area contributed by atoms with Crippen LogP contribution in [-0.2, 0) is 22.6 Å². The van der Waals surface area contributed by atoms with E-state index in [9.17, 15) is 30.4 Å². The fourth-order valence-corrected chi connectivity index (χ4v) is 4.18. The number of hydrogen-bond acceptors (Lipinski definition) is 7. The summed E-state index contributed by atoms with van der Waals surface area (Å²) in [7, 11) is -2.51. The van der Waals surface area contributed by atoms with E-state index in [4.69, 9.17) is 9.47 Å². The number of anilines is 1. The lowest BCUT2D eigenvalue weighted by Crippen LogP contribution is -2.22. The van der Waals surface area contributed by atoms with Crippen LogP contribution in [0.3, 0.4) is 0 Å². The quantitative estimate of drug-likeness (QED) is 0.533. The number of aromatic nitrogens is 4. The van der Waals surface area contributed by atoms with Crippen LogP contribution in [0.25, 0.3) is 5.65 Å². The number of alkyl halides is 5. The second-order valence-corrected chi connectivity index (χ2v) is 7.60. The molecule has 0 aliphatic rings. The maximum absolute atomic E-state index is 13.4. The van der Waals surface area contributed by atoms with Gasteiger partial charge in [0.1, 0.15) is 4.90 Å². The fraction of sp³-hybridized carbons (Fsp3) is 0.312. The van der Waals surface area contributed by atoms with Crippen molar-refractivity contribution in [1.29, 1.82) is 0 Å². The Labute approximate surface area is 171 Å². The van der Waals surface area contributed by atoms with Crippen molar-refractivity contribution in [3.63, 3.8) is 0 Å². The monoisotopic (exact) mass is 467 g/mol. The molecule has 168 valence electrons. The van der Waals surface area contributed by atoms with Crippen LogP contribution < -0.4 is 14.2 Å². The third-order valence-electron chi connectivity index (χ3n) is 3.97. The summed E-state index contributed by atoms with van der Waals surface area (Å²) in [6, 6.07) is 2.09. The van der Waals surface area contributed by atoms with Crippen molar-refractivity contribution in [2.24, 2.45) is 0 Å². The van der Waals surface area contributed by atoms with Crippen molar-refractivity contribution in [3.05, 3.63) is 35.5 Å². The van der Waals surface area contributed by atoms with E-state index < -0.39 is 51.0 Å². The first kappa shape index (κ1) is 22.5. The summed E-state index contributed by atoms with van der Waals surface area (Å²) in [6.45, 7) is 0. The summed E-state index contributed by atoms with van der Waals surface area (Å²) in [5, 5.41) is 3.80. The molecule has 0 saturated heterocycles. The van der Waals surface area contributed by atoms with E-state index in [2.05, 4.69) is 15.1 Å². The lowest BCUT2D eigenvalue weighted by atomic mass is 10.1. The van der Waals surface area contributed by atoms with Gasteiger partial charge in [0.2, 0.25) is 12.1 Å². The standard InChI is InChI=1S/C16H14F5N5O4S/c1-29-10-7-22-15(30-2)26-13(10)23-14(24-26)25-31(27,28)12-8(6-11(17)18)4-3-5-9(12)16(19,20)21/h3-5,7,11H,6H2,1-2H3,(H,24,25). The van der Waals surface area contributed by atoms with Crippen LogP contribution in [0.15, 0.2) is 29.3 Å². The number of nitrogens with one attached hydrogen (secondary N) is 1. The molecule has 1 N–H and O–H groups in total. The third kappa shape index (κ3) is 4.45. The van der Waals surface area contributed by atoms with Gasteiger partial charge in [-0.25, -0.2) is 21.9 Å². The molecule has 0 saturated carbocycles. The average molecular weight is 467 g/mol. The number of hydrogen-bond donors (Lipinski definition) is 1. The van der Waals surface area contributed by atoms with Gasteiger partial charge in [0.25, 0.3) is 16.0 Å². The van der Waals surface area contributed by atoms with Crippen molar-refractivity contribution in [2.45, 2.75) is 23.9 Å². The number of halogens is 5. The number of ether oxygens (including phenoxy) is 2. The molecule has 0 aliphatic carbocycles. The second-order valence-electron chi connectivity index (χ2n) is 5.98. The summed E-state index contributed by atoms with van der Waals surface area (Å²) in [5.41, 5.74) is -2.36. The second kappa shape index (κ2) is 8.13. The number of benzene rings is 1. The Kier molecular flexibility index (Phi) is 5.89. The van der Waals surface area contributed by atoms with Crippen LogP contribution in [0.1, 0.15) is 11.1 Å². The molecule has 9 nitrogen and oxygen atoms in total.